The zero-order chi connectivity index (χ0) is 19.6. The van der Waals surface area contributed by atoms with Gasteiger partial charge in [0.1, 0.15) is 11.5 Å². The molecule has 0 spiro atoms. The van der Waals surface area contributed by atoms with E-state index in [2.05, 4.69) is 5.10 Å². The summed E-state index contributed by atoms with van der Waals surface area (Å²) in [7, 11) is 6.38. The second-order valence-corrected chi connectivity index (χ2v) is 6.16. The Kier molecular flexibility index (Phi) is 5.12. The lowest BCUT2D eigenvalue weighted by Crippen LogP contribution is -2.31. The Morgan fingerprint density at radius 2 is 1.81 bits per heavy atom. The van der Waals surface area contributed by atoms with E-state index in [-0.39, 0.29) is 17.2 Å². The van der Waals surface area contributed by atoms with Gasteiger partial charge >= 0.3 is 0 Å². The highest BCUT2D eigenvalue weighted by molar-refractivity contribution is 6.04. The van der Waals surface area contributed by atoms with Crippen molar-refractivity contribution in [1.82, 2.24) is 14.7 Å². The molecule has 1 heterocycles. The smallest absolute Gasteiger partial charge is 0.274 e. The first-order chi connectivity index (χ1) is 13.0. The zero-order valence-electron chi connectivity index (χ0n) is 15.7. The van der Waals surface area contributed by atoms with Crippen LogP contribution in [0.5, 0.6) is 11.5 Å². The van der Waals surface area contributed by atoms with Gasteiger partial charge in [0, 0.05) is 37.7 Å². The highest BCUT2D eigenvalue weighted by Gasteiger charge is 2.20. The molecule has 0 N–H and O–H groups in total. The number of benzene rings is 2. The zero-order valence-corrected chi connectivity index (χ0v) is 15.7. The number of methoxy groups -OCH3 is 2. The Labute approximate surface area is 156 Å². The molecule has 0 aliphatic rings. The summed E-state index contributed by atoms with van der Waals surface area (Å²) < 4.78 is 11.8. The van der Waals surface area contributed by atoms with E-state index in [4.69, 9.17) is 9.47 Å². The first-order valence-corrected chi connectivity index (χ1v) is 8.38. The average molecular weight is 367 g/mol. The van der Waals surface area contributed by atoms with Gasteiger partial charge in [-0.1, -0.05) is 18.2 Å². The molecule has 7 heteroatoms. The molecule has 0 aliphatic carbocycles. The Hall–Kier alpha value is -3.35. The van der Waals surface area contributed by atoms with Crippen LogP contribution in [0.4, 0.5) is 0 Å². The molecule has 140 valence electrons. The fraction of sp³-hybridized carbons (Fsp3) is 0.250. The van der Waals surface area contributed by atoms with Gasteiger partial charge in [-0.3, -0.25) is 9.59 Å². The van der Waals surface area contributed by atoms with Crippen molar-refractivity contribution in [3.63, 3.8) is 0 Å². The van der Waals surface area contributed by atoms with Crippen LogP contribution in [0.25, 0.3) is 10.8 Å². The van der Waals surface area contributed by atoms with E-state index in [1.165, 1.54) is 11.7 Å². The van der Waals surface area contributed by atoms with E-state index < -0.39 is 0 Å². The topological polar surface area (TPSA) is 73.7 Å². The summed E-state index contributed by atoms with van der Waals surface area (Å²) in [4.78, 5) is 26.8. The van der Waals surface area contributed by atoms with Gasteiger partial charge in [0.15, 0.2) is 5.69 Å². The number of ether oxygens (including phenoxy) is 2. The van der Waals surface area contributed by atoms with Crippen LogP contribution in [0.15, 0.2) is 47.3 Å². The molecule has 0 radical (unpaired) electrons. The van der Waals surface area contributed by atoms with Gasteiger partial charge in [-0.15, -0.1) is 0 Å². The minimum atomic E-state index is -0.278. The predicted molar refractivity (Wildman–Crippen MR) is 102 cm³/mol. The largest absolute Gasteiger partial charge is 0.497 e. The van der Waals surface area contributed by atoms with Crippen molar-refractivity contribution in [3.8, 4) is 11.5 Å². The van der Waals surface area contributed by atoms with Gasteiger partial charge < -0.3 is 14.4 Å². The quantitative estimate of drug-likeness (QED) is 0.691. The number of hydrogen-bond acceptors (Lipinski definition) is 5. The molecule has 0 saturated heterocycles. The first-order valence-electron chi connectivity index (χ1n) is 8.38. The van der Waals surface area contributed by atoms with Crippen molar-refractivity contribution in [2.75, 3.05) is 21.3 Å². The number of hydrogen-bond donors (Lipinski definition) is 0. The molecule has 0 atom stereocenters. The summed E-state index contributed by atoms with van der Waals surface area (Å²) in [6.45, 7) is 0.324. The van der Waals surface area contributed by atoms with Crippen molar-refractivity contribution >= 4 is 16.7 Å². The molecular weight excluding hydrogens is 346 g/mol. The highest BCUT2D eigenvalue weighted by Crippen LogP contribution is 2.26. The second kappa shape index (κ2) is 7.49. The van der Waals surface area contributed by atoms with E-state index in [1.54, 1.807) is 56.5 Å². The molecule has 7 nitrogen and oxygen atoms in total. The van der Waals surface area contributed by atoms with E-state index in [1.807, 2.05) is 12.1 Å². The summed E-state index contributed by atoms with van der Waals surface area (Å²) in [6.07, 6.45) is 0. The number of aromatic nitrogens is 2. The van der Waals surface area contributed by atoms with Crippen molar-refractivity contribution in [3.05, 3.63) is 64.1 Å². The third-order valence-electron chi connectivity index (χ3n) is 4.41. The molecule has 3 rings (SSSR count). The van der Waals surface area contributed by atoms with Crippen LogP contribution in [0.2, 0.25) is 0 Å². The monoisotopic (exact) mass is 367 g/mol. The molecule has 0 fully saturated rings. The van der Waals surface area contributed by atoms with E-state index in [0.29, 0.717) is 28.8 Å². The SMILES string of the molecule is COc1ccc(CN(C)C(=O)c2nn(C)c(=O)c3ccccc23)c(OC)c1. The molecule has 0 saturated carbocycles. The van der Waals surface area contributed by atoms with Crippen LogP contribution in [0.3, 0.4) is 0 Å². The minimum Gasteiger partial charge on any atom is -0.497 e. The number of carbonyl (C=O) groups is 1. The van der Waals surface area contributed by atoms with Gasteiger partial charge in [-0.25, -0.2) is 4.68 Å². The van der Waals surface area contributed by atoms with Crippen LogP contribution < -0.4 is 15.0 Å². The Morgan fingerprint density at radius 3 is 2.48 bits per heavy atom. The second-order valence-electron chi connectivity index (χ2n) is 6.16. The molecule has 2 aromatic carbocycles. The van der Waals surface area contributed by atoms with Crippen molar-refractivity contribution in [2.24, 2.45) is 7.05 Å². The van der Waals surface area contributed by atoms with Crippen LogP contribution in [0.1, 0.15) is 16.1 Å². The third-order valence-corrected chi connectivity index (χ3v) is 4.41. The number of nitrogens with zero attached hydrogens (tertiary/aromatic N) is 3. The lowest BCUT2D eigenvalue weighted by Gasteiger charge is -2.20. The average Bonchev–Trinajstić information content (AvgIpc) is 2.70. The van der Waals surface area contributed by atoms with Crippen LogP contribution in [0, 0.1) is 0 Å². The molecule has 27 heavy (non-hydrogen) atoms. The fourth-order valence-corrected chi connectivity index (χ4v) is 2.95. The van der Waals surface area contributed by atoms with E-state index in [0.717, 1.165) is 5.56 Å². The predicted octanol–water partition coefficient (Wildman–Crippen LogP) is 2.22. The van der Waals surface area contributed by atoms with Crippen LogP contribution in [-0.2, 0) is 13.6 Å². The third kappa shape index (κ3) is 3.48. The molecule has 0 aliphatic heterocycles. The fourth-order valence-electron chi connectivity index (χ4n) is 2.95. The van der Waals surface area contributed by atoms with Gasteiger partial charge in [0.05, 0.1) is 19.6 Å². The maximum Gasteiger partial charge on any atom is 0.274 e. The number of amides is 1. The molecule has 1 aromatic heterocycles. The standard InChI is InChI=1S/C20H21N3O4/c1-22(12-13-9-10-14(26-3)11-17(13)27-4)20(25)18-15-7-5-6-8-16(15)19(24)23(2)21-18/h5-11H,12H2,1-4H3. The van der Waals surface area contributed by atoms with E-state index >= 15 is 0 Å². The normalized spacial score (nSPS) is 10.7. The molecule has 3 aromatic rings. The molecule has 0 unspecified atom stereocenters. The number of rotatable bonds is 5. The molecule has 0 bridgehead atoms. The number of fused-ring (bicyclic) bond motifs is 1. The van der Waals surface area contributed by atoms with Gasteiger partial charge in [-0.2, -0.15) is 5.10 Å². The van der Waals surface area contributed by atoms with Gasteiger partial charge in [0.2, 0.25) is 0 Å². The van der Waals surface area contributed by atoms with E-state index in [9.17, 15) is 9.59 Å². The van der Waals surface area contributed by atoms with Crippen LogP contribution >= 0.6 is 0 Å². The maximum absolute atomic E-state index is 13.0. The highest BCUT2D eigenvalue weighted by atomic mass is 16.5. The summed E-state index contributed by atoms with van der Waals surface area (Å²) in [5.41, 5.74) is 0.840. The van der Waals surface area contributed by atoms with Crippen LogP contribution in [-0.4, -0.2) is 41.9 Å². The van der Waals surface area contributed by atoms with Crippen molar-refractivity contribution in [1.29, 1.82) is 0 Å². The summed E-state index contributed by atoms with van der Waals surface area (Å²) in [6, 6.07) is 12.4. The lowest BCUT2D eigenvalue weighted by molar-refractivity contribution is 0.0778. The number of carbonyl (C=O) groups excluding carboxylic acids is 1. The van der Waals surface area contributed by atoms with Gasteiger partial charge in [-0.05, 0) is 18.2 Å². The number of aryl methyl sites for hydroxylation is 1. The minimum absolute atomic E-state index is 0.235. The Bertz CT molecular complexity index is 1060. The summed E-state index contributed by atoms with van der Waals surface area (Å²) >= 11 is 0. The lowest BCUT2D eigenvalue weighted by atomic mass is 10.1. The molecule has 1 amide bonds. The van der Waals surface area contributed by atoms with Gasteiger partial charge in [0.25, 0.3) is 11.5 Å². The summed E-state index contributed by atoms with van der Waals surface area (Å²) in [5.74, 6) is 1.03. The Balaban J connectivity index is 1.96. The molecular formula is C20H21N3O4. The van der Waals surface area contributed by atoms with Crippen molar-refractivity contribution < 1.29 is 14.3 Å². The van der Waals surface area contributed by atoms with Crippen molar-refractivity contribution in [2.45, 2.75) is 6.54 Å². The summed E-state index contributed by atoms with van der Waals surface area (Å²) in [5, 5.41) is 5.20. The maximum atomic E-state index is 13.0. The Morgan fingerprint density at radius 1 is 1.11 bits per heavy atom. The first kappa shape index (κ1) is 18.4.